The third-order valence-electron chi connectivity index (χ3n) is 2.84. The predicted octanol–water partition coefficient (Wildman–Crippen LogP) is 3.51. The molecule has 6 heteroatoms. The second kappa shape index (κ2) is 5.96. The summed E-state index contributed by atoms with van der Waals surface area (Å²) < 4.78 is 10.5. The van der Waals surface area contributed by atoms with Crippen molar-refractivity contribution >= 4 is 23.1 Å². The molecule has 0 bridgehead atoms. The highest BCUT2D eigenvalue weighted by Crippen LogP contribution is 2.31. The molecule has 0 atom stereocenters. The summed E-state index contributed by atoms with van der Waals surface area (Å²) in [7, 11) is 3.20. The molecular weight excluding hydrogens is 278 g/mol. The number of aryl methyl sites for hydroxylation is 1. The molecule has 106 valence electrons. The Morgan fingerprint density at radius 2 is 1.75 bits per heavy atom. The van der Waals surface area contributed by atoms with Gasteiger partial charge in [-0.3, -0.25) is 0 Å². The normalized spacial score (nSPS) is 10.2. The van der Waals surface area contributed by atoms with Crippen LogP contribution in [0.15, 0.2) is 18.2 Å². The molecule has 0 saturated carbocycles. The van der Waals surface area contributed by atoms with Gasteiger partial charge in [-0.15, -0.1) is 0 Å². The van der Waals surface area contributed by atoms with Gasteiger partial charge in [-0.2, -0.15) is 0 Å². The zero-order valence-electron chi connectivity index (χ0n) is 11.8. The highest BCUT2D eigenvalue weighted by atomic mass is 35.5. The van der Waals surface area contributed by atoms with Crippen molar-refractivity contribution in [2.45, 2.75) is 13.8 Å². The van der Waals surface area contributed by atoms with Gasteiger partial charge < -0.3 is 14.8 Å². The average molecular weight is 294 g/mol. The molecule has 1 heterocycles. The van der Waals surface area contributed by atoms with Gasteiger partial charge in [-0.05, 0) is 26.0 Å². The Kier molecular flexibility index (Phi) is 4.29. The van der Waals surface area contributed by atoms with E-state index in [9.17, 15) is 0 Å². The molecule has 0 spiro atoms. The van der Waals surface area contributed by atoms with Gasteiger partial charge in [-0.25, -0.2) is 9.97 Å². The summed E-state index contributed by atoms with van der Waals surface area (Å²) in [6.07, 6.45) is 0. The van der Waals surface area contributed by atoms with Crippen molar-refractivity contribution in [1.82, 2.24) is 9.97 Å². The van der Waals surface area contributed by atoms with Gasteiger partial charge in [0.1, 0.15) is 16.8 Å². The van der Waals surface area contributed by atoms with Gasteiger partial charge in [0.25, 0.3) is 0 Å². The Bertz CT molecular complexity index is 632. The first-order chi connectivity index (χ1) is 9.55. The number of hydrogen-bond acceptors (Lipinski definition) is 5. The highest BCUT2D eigenvalue weighted by molar-refractivity contribution is 6.30. The quantitative estimate of drug-likeness (QED) is 0.874. The third-order valence-corrected chi connectivity index (χ3v) is 3.21. The third kappa shape index (κ3) is 2.93. The van der Waals surface area contributed by atoms with Crippen molar-refractivity contribution in [2.24, 2.45) is 0 Å². The largest absolute Gasteiger partial charge is 0.493 e. The van der Waals surface area contributed by atoms with E-state index < -0.39 is 0 Å². The zero-order valence-corrected chi connectivity index (χ0v) is 12.6. The number of benzene rings is 1. The minimum atomic E-state index is 0.445. The molecule has 1 aromatic carbocycles. The van der Waals surface area contributed by atoms with Crippen LogP contribution in [0.2, 0.25) is 5.15 Å². The van der Waals surface area contributed by atoms with Crippen LogP contribution in [0.4, 0.5) is 11.5 Å². The minimum absolute atomic E-state index is 0.445. The van der Waals surface area contributed by atoms with Crippen LogP contribution in [0.3, 0.4) is 0 Å². The molecule has 0 aliphatic carbocycles. The SMILES string of the molecule is COc1ccc(Nc2nc(C)nc(Cl)c2C)cc1OC. The fourth-order valence-electron chi connectivity index (χ4n) is 1.77. The second-order valence-electron chi connectivity index (χ2n) is 4.23. The Labute approximate surface area is 122 Å². The van der Waals surface area contributed by atoms with Crippen molar-refractivity contribution in [1.29, 1.82) is 0 Å². The van der Waals surface area contributed by atoms with E-state index in [2.05, 4.69) is 15.3 Å². The zero-order chi connectivity index (χ0) is 14.7. The van der Waals surface area contributed by atoms with Crippen LogP contribution >= 0.6 is 11.6 Å². The van der Waals surface area contributed by atoms with Crippen LogP contribution in [0.1, 0.15) is 11.4 Å². The Morgan fingerprint density at radius 1 is 1.05 bits per heavy atom. The van der Waals surface area contributed by atoms with E-state index in [0.717, 1.165) is 11.3 Å². The smallest absolute Gasteiger partial charge is 0.162 e. The molecule has 0 radical (unpaired) electrons. The summed E-state index contributed by atoms with van der Waals surface area (Å²) in [5.74, 6) is 2.61. The predicted molar refractivity (Wildman–Crippen MR) is 79.3 cm³/mol. The number of halogens is 1. The van der Waals surface area contributed by atoms with Crippen LogP contribution in [-0.4, -0.2) is 24.2 Å². The van der Waals surface area contributed by atoms with Crippen LogP contribution in [0.5, 0.6) is 11.5 Å². The van der Waals surface area contributed by atoms with Gasteiger partial charge in [0, 0.05) is 17.3 Å². The van der Waals surface area contributed by atoms with Crippen molar-refractivity contribution in [2.75, 3.05) is 19.5 Å². The number of nitrogens with one attached hydrogen (secondary N) is 1. The molecule has 0 fully saturated rings. The molecule has 1 N–H and O–H groups in total. The lowest BCUT2D eigenvalue weighted by Gasteiger charge is -2.13. The summed E-state index contributed by atoms with van der Waals surface area (Å²) in [6, 6.07) is 5.54. The molecule has 0 saturated heterocycles. The first kappa shape index (κ1) is 14.4. The molecule has 1 aromatic heterocycles. The summed E-state index contributed by atoms with van der Waals surface area (Å²) in [5, 5.41) is 3.65. The number of hydrogen-bond donors (Lipinski definition) is 1. The van der Waals surface area contributed by atoms with Crippen LogP contribution < -0.4 is 14.8 Å². The van der Waals surface area contributed by atoms with E-state index in [1.54, 1.807) is 21.1 Å². The van der Waals surface area contributed by atoms with Crippen LogP contribution in [0, 0.1) is 13.8 Å². The molecule has 0 amide bonds. The van der Waals surface area contributed by atoms with Gasteiger partial charge in [-0.1, -0.05) is 11.6 Å². The number of aromatic nitrogens is 2. The Balaban J connectivity index is 2.35. The number of methoxy groups -OCH3 is 2. The van der Waals surface area contributed by atoms with E-state index in [-0.39, 0.29) is 0 Å². The Hall–Kier alpha value is -2.01. The van der Waals surface area contributed by atoms with Crippen molar-refractivity contribution in [3.05, 3.63) is 34.7 Å². The number of ether oxygens (including phenoxy) is 2. The lowest BCUT2D eigenvalue weighted by Crippen LogP contribution is -2.01. The number of anilines is 2. The monoisotopic (exact) mass is 293 g/mol. The topological polar surface area (TPSA) is 56.3 Å². The van der Waals surface area contributed by atoms with Gasteiger partial charge in [0.2, 0.25) is 0 Å². The van der Waals surface area contributed by atoms with Gasteiger partial charge in [0.15, 0.2) is 11.5 Å². The summed E-state index contributed by atoms with van der Waals surface area (Å²) in [5.41, 5.74) is 1.63. The lowest BCUT2D eigenvalue weighted by molar-refractivity contribution is 0.355. The first-order valence-corrected chi connectivity index (χ1v) is 6.42. The maximum atomic E-state index is 6.06. The van der Waals surface area contributed by atoms with Crippen molar-refractivity contribution in [3.8, 4) is 11.5 Å². The molecule has 5 nitrogen and oxygen atoms in total. The molecule has 0 aliphatic heterocycles. The lowest BCUT2D eigenvalue weighted by atomic mass is 10.2. The molecule has 20 heavy (non-hydrogen) atoms. The van der Waals surface area contributed by atoms with Gasteiger partial charge >= 0.3 is 0 Å². The minimum Gasteiger partial charge on any atom is -0.493 e. The molecular formula is C14H16ClN3O2. The molecule has 2 aromatic rings. The summed E-state index contributed by atoms with van der Waals surface area (Å²) >= 11 is 6.06. The van der Waals surface area contributed by atoms with E-state index >= 15 is 0 Å². The van der Waals surface area contributed by atoms with Crippen LogP contribution in [-0.2, 0) is 0 Å². The number of rotatable bonds is 4. The van der Waals surface area contributed by atoms with Gasteiger partial charge in [0.05, 0.1) is 14.2 Å². The fraction of sp³-hybridized carbons (Fsp3) is 0.286. The maximum absolute atomic E-state index is 6.06. The number of nitrogens with zero attached hydrogens (tertiary/aromatic N) is 2. The summed E-state index contributed by atoms with van der Waals surface area (Å²) in [6.45, 7) is 3.66. The molecule has 0 aliphatic rings. The van der Waals surface area contributed by atoms with Crippen molar-refractivity contribution < 1.29 is 9.47 Å². The maximum Gasteiger partial charge on any atom is 0.162 e. The first-order valence-electron chi connectivity index (χ1n) is 6.05. The Morgan fingerprint density at radius 3 is 2.40 bits per heavy atom. The second-order valence-corrected chi connectivity index (χ2v) is 4.59. The van der Waals surface area contributed by atoms with E-state index in [4.69, 9.17) is 21.1 Å². The molecule has 2 rings (SSSR count). The summed E-state index contributed by atoms with van der Waals surface area (Å²) in [4.78, 5) is 8.45. The van der Waals surface area contributed by atoms with Crippen LogP contribution in [0.25, 0.3) is 0 Å². The molecule has 0 unspecified atom stereocenters. The standard InChI is InChI=1S/C14H16ClN3O2/c1-8-13(15)16-9(2)17-14(8)18-10-5-6-11(19-3)12(7-10)20-4/h5-7H,1-4H3,(H,16,17,18). The van der Waals surface area contributed by atoms with E-state index in [1.165, 1.54) is 0 Å². The van der Waals surface area contributed by atoms with E-state index in [0.29, 0.717) is 28.3 Å². The van der Waals surface area contributed by atoms with E-state index in [1.807, 2.05) is 25.1 Å². The highest BCUT2D eigenvalue weighted by Gasteiger charge is 2.09. The average Bonchev–Trinajstić information content (AvgIpc) is 2.44. The van der Waals surface area contributed by atoms with Crippen molar-refractivity contribution in [3.63, 3.8) is 0 Å². The fourth-order valence-corrected chi connectivity index (χ4v) is 1.98.